The molecule has 0 amide bonds. The van der Waals surface area contributed by atoms with Crippen LogP contribution in [0.5, 0.6) is 0 Å². The van der Waals surface area contributed by atoms with E-state index in [0.717, 1.165) is 5.56 Å². The first-order valence-electron chi connectivity index (χ1n) is 8.82. The van der Waals surface area contributed by atoms with Gasteiger partial charge in [0.05, 0.1) is 6.61 Å². The standard InChI is InChI=1S/C21H21F4NOS/c1-19(2)21(24,25)20(3,26-18(28)12-27-19)16-11-14(6-9-17(16)23)10-13-4-7-15(22)8-5-13/h4-9,11H,10,12H2,1-3H3,(H,26,28)/t20-/m1/s1. The number of alkyl halides is 2. The van der Waals surface area contributed by atoms with Gasteiger partial charge < -0.3 is 10.1 Å². The molecule has 150 valence electrons. The molecule has 1 fully saturated rings. The lowest BCUT2D eigenvalue weighted by atomic mass is 9.77. The van der Waals surface area contributed by atoms with Crippen molar-refractivity contribution < 1.29 is 22.3 Å². The molecule has 1 atom stereocenters. The molecule has 0 radical (unpaired) electrons. The molecule has 3 rings (SSSR count). The maximum atomic E-state index is 15.5. The third kappa shape index (κ3) is 3.53. The Kier molecular flexibility index (Phi) is 5.27. The van der Waals surface area contributed by atoms with Crippen LogP contribution in [-0.4, -0.2) is 23.1 Å². The summed E-state index contributed by atoms with van der Waals surface area (Å²) in [5, 5.41) is 2.62. The molecule has 1 saturated heterocycles. The fourth-order valence-electron chi connectivity index (χ4n) is 3.47. The molecule has 7 heteroatoms. The average Bonchev–Trinajstić information content (AvgIpc) is 2.68. The lowest BCUT2D eigenvalue weighted by Crippen LogP contribution is -2.62. The lowest BCUT2D eigenvalue weighted by Gasteiger charge is -2.44. The van der Waals surface area contributed by atoms with Crippen LogP contribution in [-0.2, 0) is 16.7 Å². The average molecular weight is 411 g/mol. The first-order chi connectivity index (χ1) is 13.0. The highest BCUT2D eigenvalue weighted by Crippen LogP contribution is 2.48. The Bertz CT molecular complexity index is 898. The summed E-state index contributed by atoms with van der Waals surface area (Å²) in [5.41, 5.74) is -2.76. The van der Waals surface area contributed by atoms with Crippen molar-refractivity contribution in [3.63, 3.8) is 0 Å². The molecule has 0 bridgehead atoms. The first-order valence-corrected chi connectivity index (χ1v) is 9.23. The number of hydrogen-bond donors (Lipinski definition) is 1. The van der Waals surface area contributed by atoms with Crippen molar-refractivity contribution in [1.82, 2.24) is 5.32 Å². The van der Waals surface area contributed by atoms with Gasteiger partial charge in [-0.05, 0) is 62.6 Å². The maximum Gasteiger partial charge on any atom is 0.302 e. The second-order valence-electron chi connectivity index (χ2n) is 7.66. The predicted molar refractivity (Wildman–Crippen MR) is 104 cm³/mol. The van der Waals surface area contributed by atoms with E-state index in [1.807, 2.05) is 0 Å². The highest BCUT2D eigenvalue weighted by Gasteiger charge is 2.64. The Morgan fingerprint density at radius 3 is 2.25 bits per heavy atom. The quantitative estimate of drug-likeness (QED) is 0.559. The van der Waals surface area contributed by atoms with Gasteiger partial charge in [-0.25, -0.2) is 17.6 Å². The third-order valence-corrected chi connectivity index (χ3v) is 5.45. The van der Waals surface area contributed by atoms with Crippen LogP contribution < -0.4 is 5.32 Å². The molecule has 2 aromatic carbocycles. The van der Waals surface area contributed by atoms with Crippen LogP contribution in [0, 0.1) is 11.6 Å². The Hall–Kier alpha value is -1.99. The van der Waals surface area contributed by atoms with Crippen LogP contribution in [0.3, 0.4) is 0 Å². The van der Waals surface area contributed by atoms with Crippen molar-refractivity contribution in [2.24, 2.45) is 0 Å². The molecule has 28 heavy (non-hydrogen) atoms. The number of ether oxygens (including phenoxy) is 1. The molecule has 0 saturated carbocycles. The summed E-state index contributed by atoms with van der Waals surface area (Å²) in [6, 6.07) is 9.94. The predicted octanol–water partition coefficient (Wildman–Crippen LogP) is 5.13. The summed E-state index contributed by atoms with van der Waals surface area (Å²) < 4.78 is 64.1. The van der Waals surface area contributed by atoms with Crippen molar-refractivity contribution >= 4 is 17.2 Å². The molecule has 1 aliphatic rings. The van der Waals surface area contributed by atoms with Crippen molar-refractivity contribution in [2.45, 2.75) is 44.3 Å². The molecular weight excluding hydrogens is 390 g/mol. The molecule has 1 N–H and O–H groups in total. The summed E-state index contributed by atoms with van der Waals surface area (Å²) in [5.74, 6) is -4.61. The summed E-state index contributed by atoms with van der Waals surface area (Å²) in [7, 11) is 0. The van der Waals surface area contributed by atoms with Crippen molar-refractivity contribution in [3.8, 4) is 0 Å². The molecule has 2 aromatic rings. The van der Waals surface area contributed by atoms with Gasteiger partial charge in [-0.1, -0.05) is 30.4 Å². The lowest BCUT2D eigenvalue weighted by molar-refractivity contribution is -0.216. The molecule has 0 unspecified atom stereocenters. The van der Waals surface area contributed by atoms with Crippen LogP contribution >= 0.6 is 12.2 Å². The van der Waals surface area contributed by atoms with Gasteiger partial charge in [0.25, 0.3) is 0 Å². The highest BCUT2D eigenvalue weighted by molar-refractivity contribution is 7.80. The topological polar surface area (TPSA) is 21.3 Å². The number of benzene rings is 2. The number of nitrogens with one attached hydrogen (secondary N) is 1. The van der Waals surface area contributed by atoms with Crippen molar-refractivity contribution in [1.29, 1.82) is 0 Å². The van der Waals surface area contributed by atoms with Crippen LogP contribution in [0.1, 0.15) is 37.5 Å². The van der Waals surface area contributed by atoms with Crippen LogP contribution in [0.25, 0.3) is 0 Å². The van der Waals surface area contributed by atoms with E-state index in [1.54, 1.807) is 12.1 Å². The fraction of sp³-hybridized carbons (Fsp3) is 0.381. The number of hydrogen-bond acceptors (Lipinski definition) is 2. The Morgan fingerprint density at radius 1 is 1.00 bits per heavy atom. The summed E-state index contributed by atoms with van der Waals surface area (Å²) in [6.45, 7) is 3.59. The van der Waals surface area contributed by atoms with Gasteiger partial charge in [-0.3, -0.25) is 0 Å². The van der Waals surface area contributed by atoms with Gasteiger partial charge >= 0.3 is 5.92 Å². The Morgan fingerprint density at radius 2 is 1.61 bits per heavy atom. The number of thiocarbonyl (C=S) groups is 1. The molecule has 0 aliphatic carbocycles. The minimum absolute atomic E-state index is 0.0797. The van der Waals surface area contributed by atoms with Crippen LogP contribution in [0.15, 0.2) is 42.5 Å². The second-order valence-corrected chi connectivity index (χ2v) is 8.16. The van der Waals surface area contributed by atoms with E-state index < -0.39 is 22.9 Å². The van der Waals surface area contributed by atoms with Gasteiger partial charge in [0.15, 0.2) is 0 Å². The highest BCUT2D eigenvalue weighted by atomic mass is 32.1. The van der Waals surface area contributed by atoms with Crippen LogP contribution in [0.2, 0.25) is 0 Å². The van der Waals surface area contributed by atoms with Crippen molar-refractivity contribution in [2.75, 3.05) is 6.61 Å². The van der Waals surface area contributed by atoms with Gasteiger partial charge in [0, 0.05) is 5.56 Å². The van der Waals surface area contributed by atoms with Gasteiger partial charge in [-0.15, -0.1) is 0 Å². The normalized spacial score (nSPS) is 23.8. The molecule has 0 spiro atoms. The second kappa shape index (κ2) is 7.12. The van der Waals surface area contributed by atoms with E-state index >= 15 is 8.78 Å². The van der Waals surface area contributed by atoms with Gasteiger partial charge in [0.2, 0.25) is 0 Å². The molecule has 1 heterocycles. The zero-order valence-electron chi connectivity index (χ0n) is 15.8. The van der Waals surface area contributed by atoms with E-state index in [-0.39, 0.29) is 23.0 Å². The molecule has 1 aliphatic heterocycles. The van der Waals surface area contributed by atoms with E-state index in [9.17, 15) is 8.78 Å². The largest absolute Gasteiger partial charge is 0.363 e. The zero-order valence-corrected chi connectivity index (χ0v) is 16.6. The number of rotatable bonds is 3. The van der Waals surface area contributed by atoms with Crippen LogP contribution in [0.4, 0.5) is 17.6 Å². The third-order valence-electron chi connectivity index (χ3n) is 5.23. The smallest absolute Gasteiger partial charge is 0.302 e. The SMILES string of the molecule is CC1(C)OCC(=S)N[C@](C)(c2cc(Cc3ccc(F)cc3)ccc2F)C1(F)F. The van der Waals surface area contributed by atoms with E-state index in [2.05, 4.69) is 5.32 Å². The summed E-state index contributed by atoms with van der Waals surface area (Å²) in [4.78, 5) is 0.0797. The van der Waals surface area contributed by atoms with E-state index in [1.165, 1.54) is 51.1 Å². The molecular formula is C21H21F4NOS. The zero-order chi connectivity index (χ0) is 20.7. The van der Waals surface area contributed by atoms with Gasteiger partial charge in [0.1, 0.15) is 27.8 Å². The first kappa shape index (κ1) is 20.7. The summed E-state index contributed by atoms with van der Waals surface area (Å²) >= 11 is 5.11. The minimum Gasteiger partial charge on any atom is -0.363 e. The molecule has 2 nitrogen and oxygen atoms in total. The Balaban J connectivity index is 2.07. The van der Waals surface area contributed by atoms with Gasteiger partial charge in [-0.2, -0.15) is 0 Å². The van der Waals surface area contributed by atoms with E-state index in [4.69, 9.17) is 17.0 Å². The summed E-state index contributed by atoms with van der Waals surface area (Å²) in [6.07, 6.45) is 0.347. The molecule has 0 aromatic heterocycles. The van der Waals surface area contributed by atoms with E-state index in [0.29, 0.717) is 12.0 Å². The number of halogens is 4. The van der Waals surface area contributed by atoms with Crippen molar-refractivity contribution in [3.05, 3.63) is 70.8 Å². The maximum absolute atomic E-state index is 15.5. The fourth-order valence-corrected chi connectivity index (χ4v) is 3.74. The monoisotopic (exact) mass is 411 g/mol. The minimum atomic E-state index is -3.48. The Labute approximate surface area is 166 Å².